The highest BCUT2D eigenvalue weighted by Crippen LogP contribution is 2.37. The van der Waals surface area contributed by atoms with E-state index in [1.165, 1.54) is 19.2 Å². The zero-order valence-electron chi connectivity index (χ0n) is 13.5. The average molecular weight is 392 g/mol. The minimum absolute atomic E-state index is 0.0667. The summed E-state index contributed by atoms with van der Waals surface area (Å²) in [6, 6.07) is 2.60. The standard InChI is InChI=1S/C15H18ClNO7S/c1-21-15(2-4-22-5-3-15)14(18)17-25(19,20)13-9-12-11(8-10(13)16)23-6-7-24-12/h8-9H,2-7H2,1H3,(H,17,18). The van der Waals surface area contributed by atoms with Gasteiger partial charge >= 0.3 is 0 Å². The van der Waals surface area contributed by atoms with Crippen molar-refractivity contribution >= 4 is 27.5 Å². The summed E-state index contributed by atoms with van der Waals surface area (Å²) in [6.45, 7) is 1.27. The van der Waals surface area contributed by atoms with Crippen LogP contribution in [0.3, 0.4) is 0 Å². The maximum absolute atomic E-state index is 12.7. The number of sulfonamides is 1. The number of halogens is 1. The number of carbonyl (C=O) groups excluding carboxylic acids is 1. The van der Waals surface area contributed by atoms with Crippen molar-refractivity contribution in [3.8, 4) is 11.5 Å². The lowest BCUT2D eigenvalue weighted by molar-refractivity contribution is -0.153. The van der Waals surface area contributed by atoms with E-state index < -0.39 is 21.5 Å². The smallest absolute Gasteiger partial charge is 0.266 e. The van der Waals surface area contributed by atoms with Gasteiger partial charge in [0, 0.05) is 45.3 Å². The van der Waals surface area contributed by atoms with Gasteiger partial charge in [0.05, 0.1) is 5.02 Å². The van der Waals surface area contributed by atoms with Crippen molar-refractivity contribution in [3.63, 3.8) is 0 Å². The SMILES string of the molecule is COC1(C(=O)NS(=O)(=O)c2cc3c(cc2Cl)OCCO3)CCOCC1. The summed E-state index contributed by atoms with van der Waals surface area (Å²) in [5, 5.41) is -0.0667. The highest BCUT2D eigenvalue weighted by Gasteiger charge is 2.42. The van der Waals surface area contributed by atoms with Gasteiger partial charge in [-0.3, -0.25) is 4.79 Å². The van der Waals surface area contributed by atoms with Gasteiger partial charge in [-0.05, 0) is 0 Å². The highest BCUT2D eigenvalue weighted by molar-refractivity contribution is 7.90. The number of hydrogen-bond donors (Lipinski definition) is 1. The van der Waals surface area contributed by atoms with Gasteiger partial charge in [-0.2, -0.15) is 0 Å². The van der Waals surface area contributed by atoms with Gasteiger partial charge in [0.25, 0.3) is 15.9 Å². The van der Waals surface area contributed by atoms with Crippen LogP contribution in [0.15, 0.2) is 17.0 Å². The van der Waals surface area contributed by atoms with Crippen LogP contribution < -0.4 is 14.2 Å². The second-order valence-corrected chi connectivity index (χ2v) is 7.73. The van der Waals surface area contributed by atoms with Crippen LogP contribution in [0.1, 0.15) is 12.8 Å². The molecule has 1 fully saturated rings. The van der Waals surface area contributed by atoms with E-state index in [1.807, 2.05) is 0 Å². The molecule has 2 heterocycles. The van der Waals surface area contributed by atoms with Crippen molar-refractivity contribution < 1.29 is 32.2 Å². The maximum Gasteiger partial charge on any atom is 0.266 e. The molecule has 8 nitrogen and oxygen atoms in total. The molecule has 1 aromatic rings. The molecule has 1 N–H and O–H groups in total. The summed E-state index contributed by atoms with van der Waals surface area (Å²) >= 11 is 6.07. The van der Waals surface area contributed by atoms with Crippen molar-refractivity contribution in [1.29, 1.82) is 0 Å². The number of benzene rings is 1. The van der Waals surface area contributed by atoms with Crippen molar-refractivity contribution in [3.05, 3.63) is 17.2 Å². The third-order valence-electron chi connectivity index (χ3n) is 4.22. The minimum Gasteiger partial charge on any atom is -0.486 e. The van der Waals surface area contributed by atoms with E-state index in [1.54, 1.807) is 0 Å². The Morgan fingerprint density at radius 2 is 1.76 bits per heavy atom. The van der Waals surface area contributed by atoms with Gasteiger partial charge in [0.1, 0.15) is 18.1 Å². The third-order valence-corrected chi connectivity index (χ3v) is 6.01. The predicted octanol–water partition coefficient (Wildman–Crippen LogP) is 1.11. The molecule has 25 heavy (non-hydrogen) atoms. The summed E-state index contributed by atoms with van der Waals surface area (Å²) in [5.41, 5.74) is -1.24. The van der Waals surface area contributed by atoms with Crippen LogP contribution in [0.4, 0.5) is 0 Å². The lowest BCUT2D eigenvalue weighted by Crippen LogP contribution is -2.53. The van der Waals surface area contributed by atoms with Crippen molar-refractivity contribution in [2.75, 3.05) is 33.5 Å². The normalized spacial score (nSPS) is 19.3. The number of nitrogens with one attached hydrogen (secondary N) is 1. The van der Waals surface area contributed by atoms with Crippen LogP contribution in [0.5, 0.6) is 11.5 Å². The van der Waals surface area contributed by atoms with E-state index in [-0.39, 0.29) is 28.5 Å². The Kier molecular flexibility index (Phi) is 5.10. The van der Waals surface area contributed by atoms with Crippen molar-refractivity contribution in [2.45, 2.75) is 23.3 Å². The van der Waals surface area contributed by atoms with Crippen LogP contribution in [-0.4, -0.2) is 53.5 Å². The Morgan fingerprint density at radius 3 is 2.36 bits per heavy atom. The number of methoxy groups -OCH3 is 1. The molecule has 0 bridgehead atoms. The Hall–Kier alpha value is -1.55. The quantitative estimate of drug-likeness (QED) is 0.820. The van der Waals surface area contributed by atoms with E-state index in [0.717, 1.165) is 0 Å². The van der Waals surface area contributed by atoms with E-state index in [9.17, 15) is 13.2 Å². The average Bonchev–Trinajstić information content (AvgIpc) is 2.61. The third kappa shape index (κ3) is 3.55. The molecule has 0 aliphatic carbocycles. The summed E-state index contributed by atoms with van der Waals surface area (Å²) < 4.78 is 48.6. The molecule has 0 unspecified atom stereocenters. The first kappa shape index (κ1) is 18.2. The molecule has 0 aromatic heterocycles. The fraction of sp³-hybridized carbons (Fsp3) is 0.533. The van der Waals surface area contributed by atoms with E-state index >= 15 is 0 Å². The number of rotatable bonds is 4. The summed E-state index contributed by atoms with van der Waals surface area (Å²) in [7, 11) is -2.84. The summed E-state index contributed by atoms with van der Waals surface area (Å²) in [6.07, 6.45) is 0.527. The van der Waals surface area contributed by atoms with Crippen LogP contribution >= 0.6 is 11.6 Å². The molecule has 0 radical (unpaired) electrons. The molecule has 3 rings (SSSR count). The Labute approximate surface area is 150 Å². The fourth-order valence-electron chi connectivity index (χ4n) is 2.75. The molecule has 138 valence electrons. The molecule has 0 atom stereocenters. The van der Waals surface area contributed by atoms with Gasteiger partial charge in [0.15, 0.2) is 17.1 Å². The number of ether oxygens (including phenoxy) is 4. The highest BCUT2D eigenvalue weighted by atomic mass is 35.5. The van der Waals surface area contributed by atoms with Gasteiger partial charge in [-0.15, -0.1) is 0 Å². The number of amides is 1. The summed E-state index contributed by atoms with van der Waals surface area (Å²) in [5.74, 6) is -0.125. The monoisotopic (exact) mass is 391 g/mol. The molecule has 1 aromatic carbocycles. The molecule has 2 aliphatic heterocycles. The first-order valence-corrected chi connectivity index (χ1v) is 9.53. The minimum atomic E-state index is -4.21. The molecular formula is C15H18ClNO7S. The lowest BCUT2D eigenvalue weighted by atomic mass is 9.93. The van der Waals surface area contributed by atoms with Gasteiger partial charge in [0.2, 0.25) is 0 Å². The second kappa shape index (κ2) is 6.99. The Balaban J connectivity index is 1.88. The first-order valence-electron chi connectivity index (χ1n) is 7.67. The zero-order valence-corrected chi connectivity index (χ0v) is 15.1. The second-order valence-electron chi connectivity index (χ2n) is 5.67. The molecule has 1 amide bonds. The van der Waals surface area contributed by atoms with Crippen LogP contribution in [0, 0.1) is 0 Å². The number of carbonyl (C=O) groups is 1. The molecule has 10 heteroatoms. The lowest BCUT2D eigenvalue weighted by Gasteiger charge is -2.34. The molecule has 1 saturated heterocycles. The van der Waals surface area contributed by atoms with Crippen molar-refractivity contribution in [1.82, 2.24) is 4.72 Å². The molecule has 0 saturated carbocycles. The van der Waals surface area contributed by atoms with Gasteiger partial charge < -0.3 is 18.9 Å². The van der Waals surface area contributed by atoms with E-state index in [0.29, 0.717) is 32.2 Å². The summed E-state index contributed by atoms with van der Waals surface area (Å²) in [4.78, 5) is 12.3. The topological polar surface area (TPSA) is 100 Å². The van der Waals surface area contributed by atoms with Crippen LogP contribution in [0.25, 0.3) is 0 Å². The maximum atomic E-state index is 12.7. The molecule has 2 aliphatic rings. The van der Waals surface area contributed by atoms with Crippen LogP contribution in [0.2, 0.25) is 5.02 Å². The zero-order chi connectivity index (χ0) is 18.1. The fourth-order valence-corrected chi connectivity index (χ4v) is 4.32. The number of fused-ring (bicyclic) bond motifs is 1. The molecular weight excluding hydrogens is 374 g/mol. The molecule has 0 spiro atoms. The van der Waals surface area contributed by atoms with Crippen molar-refractivity contribution in [2.24, 2.45) is 0 Å². The number of hydrogen-bond acceptors (Lipinski definition) is 7. The Morgan fingerprint density at radius 1 is 1.16 bits per heavy atom. The largest absolute Gasteiger partial charge is 0.486 e. The van der Waals surface area contributed by atoms with Crippen LogP contribution in [-0.2, 0) is 24.3 Å². The Bertz CT molecular complexity index is 774. The van der Waals surface area contributed by atoms with Gasteiger partial charge in [-0.1, -0.05) is 11.6 Å². The van der Waals surface area contributed by atoms with E-state index in [4.69, 9.17) is 30.5 Å². The predicted molar refractivity (Wildman–Crippen MR) is 87.6 cm³/mol. The first-order chi connectivity index (χ1) is 11.9. The van der Waals surface area contributed by atoms with Gasteiger partial charge in [-0.25, -0.2) is 13.1 Å². The van der Waals surface area contributed by atoms with E-state index in [2.05, 4.69) is 4.72 Å².